The fraction of sp³-hybridized carbons (Fsp3) is 0.500. The standard InChI is InChI=1S/C18H26BN3O9/c1-9(21-16(25)12(20)8-23)17(26)22-6-11(7-22)31-13-3-2-10(4-5-19(29)30)15(24)14(13)18(27)28/h2-3,9,11-12,23-24,29-30H,4-8,20H2,1H3,(H,21,25)(H,27,28)/t9-,12-/m1/s1. The molecule has 2 amide bonds. The number of nitrogens with zero attached hydrogens (tertiary/aromatic N) is 1. The summed E-state index contributed by atoms with van der Waals surface area (Å²) in [7, 11) is -1.59. The minimum absolute atomic E-state index is 0.0549. The first-order chi connectivity index (χ1) is 14.5. The average molecular weight is 439 g/mol. The molecule has 1 saturated heterocycles. The molecule has 1 fully saturated rings. The summed E-state index contributed by atoms with van der Waals surface area (Å²) in [5.41, 5.74) is 5.17. The van der Waals surface area contributed by atoms with Gasteiger partial charge in [-0.3, -0.25) is 9.59 Å². The second-order valence-corrected chi connectivity index (χ2v) is 7.27. The van der Waals surface area contributed by atoms with E-state index in [1.165, 1.54) is 24.0 Å². The number of likely N-dealkylation sites (tertiary alicyclic amines) is 1. The summed E-state index contributed by atoms with van der Waals surface area (Å²) in [6.45, 7) is 1.21. The van der Waals surface area contributed by atoms with Crippen molar-refractivity contribution in [2.45, 2.75) is 37.9 Å². The summed E-state index contributed by atoms with van der Waals surface area (Å²) in [5, 5.41) is 48.9. The average Bonchev–Trinajstić information content (AvgIpc) is 2.67. The Kier molecular flexibility index (Phi) is 8.22. The van der Waals surface area contributed by atoms with E-state index in [1.807, 2.05) is 0 Å². The molecule has 1 aliphatic rings. The number of nitrogens with two attached hydrogens (primary N) is 1. The number of aromatic hydroxyl groups is 1. The highest BCUT2D eigenvalue weighted by molar-refractivity contribution is 6.41. The zero-order chi connectivity index (χ0) is 23.3. The molecule has 0 aliphatic carbocycles. The van der Waals surface area contributed by atoms with Gasteiger partial charge in [-0.25, -0.2) is 4.79 Å². The molecule has 1 heterocycles. The summed E-state index contributed by atoms with van der Waals surface area (Å²) in [5.74, 6) is -3.06. The van der Waals surface area contributed by atoms with Crippen molar-refractivity contribution in [3.63, 3.8) is 0 Å². The van der Waals surface area contributed by atoms with E-state index < -0.39 is 61.0 Å². The molecule has 2 atom stereocenters. The molecule has 0 bridgehead atoms. The molecular formula is C18H26BN3O9. The lowest BCUT2D eigenvalue weighted by molar-refractivity contribution is -0.144. The molecule has 2 rings (SSSR count). The molecule has 1 aromatic rings. The van der Waals surface area contributed by atoms with Gasteiger partial charge in [0.15, 0.2) is 0 Å². The second kappa shape index (κ2) is 10.4. The molecule has 8 N–H and O–H groups in total. The SMILES string of the molecule is C[C@@H](NC(=O)[C@H](N)CO)C(=O)N1CC(Oc2ccc(CCB(O)O)c(O)c2C(=O)O)C1. The molecule has 13 heteroatoms. The molecular weight excluding hydrogens is 413 g/mol. The molecule has 12 nitrogen and oxygen atoms in total. The quantitative estimate of drug-likeness (QED) is 0.191. The van der Waals surface area contributed by atoms with Crippen molar-refractivity contribution in [3.05, 3.63) is 23.3 Å². The van der Waals surface area contributed by atoms with Crippen LogP contribution in [0.25, 0.3) is 0 Å². The van der Waals surface area contributed by atoms with Crippen LogP contribution in [0.5, 0.6) is 11.5 Å². The maximum Gasteiger partial charge on any atom is 0.451 e. The number of carboxylic acids is 1. The zero-order valence-corrected chi connectivity index (χ0v) is 16.9. The van der Waals surface area contributed by atoms with E-state index in [2.05, 4.69) is 5.32 Å². The third-order valence-corrected chi connectivity index (χ3v) is 4.83. The van der Waals surface area contributed by atoms with E-state index >= 15 is 0 Å². The number of benzene rings is 1. The molecule has 0 aromatic heterocycles. The van der Waals surface area contributed by atoms with Gasteiger partial charge in [0, 0.05) is 0 Å². The highest BCUT2D eigenvalue weighted by atomic mass is 16.5. The van der Waals surface area contributed by atoms with E-state index in [0.717, 1.165) is 0 Å². The normalized spacial score (nSPS) is 15.6. The third-order valence-electron chi connectivity index (χ3n) is 4.83. The number of ether oxygens (including phenoxy) is 1. The molecule has 1 aliphatic heterocycles. The van der Waals surface area contributed by atoms with Gasteiger partial charge >= 0.3 is 13.1 Å². The summed E-state index contributed by atoms with van der Waals surface area (Å²) in [6.07, 6.45) is -0.543. The van der Waals surface area contributed by atoms with Gasteiger partial charge in [0.05, 0.1) is 19.7 Å². The highest BCUT2D eigenvalue weighted by Crippen LogP contribution is 2.34. The van der Waals surface area contributed by atoms with Gasteiger partial charge in [-0.1, -0.05) is 6.07 Å². The van der Waals surface area contributed by atoms with Crippen LogP contribution in [-0.2, 0) is 16.0 Å². The first kappa shape index (κ1) is 24.4. The molecule has 170 valence electrons. The first-order valence-corrected chi connectivity index (χ1v) is 9.61. The van der Waals surface area contributed by atoms with Crippen molar-refractivity contribution in [1.29, 1.82) is 0 Å². The predicted molar refractivity (Wildman–Crippen MR) is 107 cm³/mol. The number of aliphatic hydroxyl groups is 1. The van der Waals surface area contributed by atoms with Crippen LogP contribution in [0.2, 0.25) is 6.32 Å². The number of aryl methyl sites for hydroxylation is 1. The van der Waals surface area contributed by atoms with Gasteiger partial charge in [0.25, 0.3) is 0 Å². The topological polar surface area (TPSA) is 203 Å². The molecule has 0 saturated carbocycles. The van der Waals surface area contributed by atoms with E-state index in [9.17, 15) is 24.6 Å². The van der Waals surface area contributed by atoms with E-state index in [0.29, 0.717) is 0 Å². The lowest BCUT2D eigenvalue weighted by Crippen LogP contribution is -2.61. The predicted octanol–water partition coefficient (Wildman–Crippen LogP) is -2.48. The maximum absolute atomic E-state index is 12.3. The minimum atomic E-state index is -1.59. The second-order valence-electron chi connectivity index (χ2n) is 7.27. The van der Waals surface area contributed by atoms with Crippen LogP contribution in [0.15, 0.2) is 12.1 Å². The highest BCUT2D eigenvalue weighted by Gasteiger charge is 2.36. The molecule has 0 spiro atoms. The Balaban J connectivity index is 1.98. The van der Waals surface area contributed by atoms with E-state index in [-0.39, 0.29) is 37.1 Å². The molecule has 31 heavy (non-hydrogen) atoms. The van der Waals surface area contributed by atoms with Crippen LogP contribution in [-0.4, -0.2) is 93.1 Å². The Morgan fingerprint density at radius 2 is 1.97 bits per heavy atom. The van der Waals surface area contributed by atoms with Crippen LogP contribution >= 0.6 is 0 Å². The van der Waals surface area contributed by atoms with Gasteiger partial charge in [-0.05, 0) is 31.3 Å². The number of rotatable bonds is 10. The number of nitrogens with one attached hydrogen (secondary N) is 1. The number of aliphatic hydroxyl groups excluding tert-OH is 1. The zero-order valence-electron chi connectivity index (χ0n) is 16.9. The van der Waals surface area contributed by atoms with Crippen molar-refractivity contribution in [1.82, 2.24) is 10.2 Å². The maximum atomic E-state index is 12.3. The fourth-order valence-corrected chi connectivity index (χ4v) is 3.02. The van der Waals surface area contributed by atoms with Crippen molar-refractivity contribution in [2.75, 3.05) is 19.7 Å². The summed E-state index contributed by atoms with van der Waals surface area (Å²) in [6, 6.07) is 0.800. The number of aromatic carboxylic acids is 1. The Hall–Kier alpha value is -2.87. The Labute approximate surface area is 178 Å². The van der Waals surface area contributed by atoms with Crippen molar-refractivity contribution >= 4 is 24.9 Å². The monoisotopic (exact) mass is 439 g/mol. The van der Waals surface area contributed by atoms with E-state index in [4.69, 9.17) is 25.6 Å². The molecule has 1 aromatic carbocycles. The van der Waals surface area contributed by atoms with Crippen molar-refractivity contribution in [2.24, 2.45) is 5.73 Å². The van der Waals surface area contributed by atoms with Gasteiger partial charge in [0.2, 0.25) is 11.8 Å². The van der Waals surface area contributed by atoms with Crippen LogP contribution in [0.4, 0.5) is 0 Å². The Morgan fingerprint density at radius 3 is 2.52 bits per heavy atom. The number of carbonyl (C=O) groups is 3. The molecule has 0 unspecified atom stereocenters. The van der Waals surface area contributed by atoms with Crippen LogP contribution in [0.1, 0.15) is 22.8 Å². The number of hydrogen-bond donors (Lipinski definition) is 7. The van der Waals surface area contributed by atoms with Crippen molar-refractivity contribution in [3.8, 4) is 11.5 Å². The van der Waals surface area contributed by atoms with E-state index in [1.54, 1.807) is 0 Å². The van der Waals surface area contributed by atoms with Crippen LogP contribution in [0, 0.1) is 0 Å². The lowest BCUT2D eigenvalue weighted by Gasteiger charge is -2.40. The number of amides is 2. The first-order valence-electron chi connectivity index (χ1n) is 9.61. The molecule has 0 radical (unpaired) electrons. The summed E-state index contributed by atoms with van der Waals surface area (Å²) < 4.78 is 5.63. The van der Waals surface area contributed by atoms with Crippen molar-refractivity contribution < 1.29 is 44.5 Å². The lowest BCUT2D eigenvalue weighted by atomic mass is 9.82. The van der Waals surface area contributed by atoms with Gasteiger partial charge < -0.3 is 46.1 Å². The summed E-state index contributed by atoms with van der Waals surface area (Å²) in [4.78, 5) is 37.0. The minimum Gasteiger partial charge on any atom is -0.507 e. The van der Waals surface area contributed by atoms with Crippen LogP contribution in [0.3, 0.4) is 0 Å². The number of carboxylic acid groups (broad SMARTS) is 1. The Morgan fingerprint density at radius 1 is 1.32 bits per heavy atom. The van der Waals surface area contributed by atoms with Gasteiger partial charge in [-0.2, -0.15) is 0 Å². The Bertz CT molecular complexity index is 830. The van der Waals surface area contributed by atoms with Crippen LogP contribution < -0.4 is 15.8 Å². The third kappa shape index (κ3) is 6.07. The number of phenols is 1. The summed E-state index contributed by atoms with van der Waals surface area (Å²) >= 11 is 0. The van der Waals surface area contributed by atoms with Gasteiger partial charge in [0.1, 0.15) is 35.3 Å². The number of hydrogen-bond acceptors (Lipinski definition) is 9. The largest absolute Gasteiger partial charge is 0.507 e. The van der Waals surface area contributed by atoms with Gasteiger partial charge in [-0.15, -0.1) is 0 Å². The fourth-order valence-electron chi connectivity index (χ4n) is 3.02. The smallest absolute Gasteiger partial charge is 0.451 e. The number of carbonyl (C=O) groups excluding carboxylic acids is 2.